The molecule has 0 saturated carbocycles. The van der Waals surface area contributed by atoms with Crippen LogP contribution in [0.4, 0.5) is 4.39 Å². The molecule has 0 bridgehead atoms. The highest BCUT2D eigenvalue weighted by Crippen LogP contribution is 2.18. The lowest BCUT2D eigenvalue weighted by atomic mass is 10.1. The minimum atomic E-state index is -0.815. The molecule has 0 radical (unpaired) electrons. The molecule has 0 unspecified atom stereocenters. The monoisotopic (exact) mass is 492 g/mol. The van der Waals surface area contributed by atoms with E-state index < -0.39 is 28.7 Å². The summed E-state index contributed by atoms with van der Waals surface area (Å²) in [5, 5.41) is 7.13. The number of nitrogens with one attached hydrogen (secondary N) is 1. The van der Waals surface area contributed by atoms with Crippen molar-refractivity contribution in [3.05, 3.63) is 126 Å². The summed E-state index contributed by atoms with van der Waals surface area (Å²) >= 11 is 6.25. The van der Waals surface area contributed by atoms with Crippen LogP contribution in [0.25, 0.3) is 5.69 Å². The van der Waals surface area contributed by atoms with Gasteiger partial charge in [-0.1, -0.05) is 54.1 Å². The van der Waals surface area contributed by atoms with E-state index in [-0.39, 0.29) is 13.1 Å². The summed E-state index contributed by atoms with van der Waals surface area (Å²) in [5.74, 6) is -1.16. The zero-order valence-electron chi connectivity index (χ0n) is 19.1. The summed E-state index contributed by atoms with van der Waals surface area (Å²) in [7, 11) is 0. The van der Waals surface area contributed by atoms with E-state index in [1.54, 1.807) is 18.2 Å². The third kappa shape index (κ3) is 5.22. The normalized spacial score (nSPS) is 10.9. The lowest BCUT2D eigenvalue weighted by Gasteiger charge is -2.14. The van der Waals surface area contributed by atoms with E-state index in [2.05, 4.69) is 10.4 Å². The molecule has 1 heterocycles. The minimum Gasteiger partial charge on any atom is -0.346 e. The predicted molar refractivity (Wildman–Crippen MR) is 132 cm³/mol. The summed E-state index contributed by atoms with van der Waals surface area (Å²) in [4.78, 5) is 39.6. The smallest absolute Gasteiger partial charge is 0.346 e. The molecular formula is C26H22ClFN4O3. The lowest BCUT2D eigenvalue weighted by Crippen LogP contribution is -2.46. The van der Waals surface area contributed by atoms with Crippen molar-refractivity contribution in [2.24, 2.45) is 0 Å². The van der Waals surface area contributed by atoms with Gasteiger partial charge in [0.25, 0.3) is 11.5 Å². The van der Waals surface area contributed by atoms with Gasteiger partial charge in [-0.25, -0.2) is 9.18 Å². The van der Waals surface area contributed by atoms with Crippen LogP contribution < -0.4 is 16.6 Å². The van der Waals surface area contributed by atoms with E-state index in [1.807, 2.05) is 38.1 Å². The number of halogens is 2. The molecule has 0 spiro atoms. The summed E-state index contributed by atoms with van der Waals surface area (Å²) in [6.45, 7) is 3.70. The third-order valence-electron chi connectivity index (χ3n) is 5.63. The molecule has 0 aliphatic heterocycles. The average molecular weight is 493 g/mol. The molecule has 0 fully saturated rings. The van der Waals surface area contributed by atoms with E-state index in [9.17, 15) is 18.8 Å². The molecule has 9 heteroatoms. The van der Waals surface area contributed by atoms with Crippen molar-refractivity contribution in [2.45, 2.75) is 26.9 Å². The van der Waals surface area contributed by atoms with Crippen molar-refractivity contribution < 1.29 is 9.18 Å². The van der Waals surface area contributed by atoms with Gasteiger partial charge in [-0.2, -0.15) is 9.78 Å². The molecule has 4 aromatic rings. The van der Waals surface area contributed by atoms with Crippen LogP contribution in [0.1, 0.15) is 32.7 Å². The molecule has 0 saturated heterocycles. The SMILES string of the molecule is Cc1ccc(-n2nc(C(=O)NCc3ccc(F)cc3)c(=O)n(Cc3ccccc3C)c2=O)cc1Cl. The summed E-state index contributed by atoms with van der Waals surface area (Å²) in [6, 6.07) is 17.8. The molecule has 178 valence electrons. The Morgan fingerprint density at radius 3 is 2.40 bits per heavy atom. The topological polar surface area (TPSA) is 86.0 Å². The molecule has 1 N–H and O–H groups in total. The molecule has 0 aliphatic rings. The minimum absolute atomic E-state index is 0.0370. The summed E-state index contributed by atoms with van der Waals surface area (Å²) < 4.78 is 15.1. The van der Waals surface area contributed by atoms with Crippen LogP contribution in [0.5, 0.6) is 0 Å². The highest BCUT2D eigenvalue weighted by Gasteiger charge is 2.21. The van der Waals surface area contributed by atoms with E-state index in [0.29, 0.717) is 16.3 Å². The number of benzene rings is 3. The summed E-state index contributed by atoms with van der Waals surface area (Å²) in [5.41, 5.74) is 1.44. The second-order valence-corrected chi connectivity index (χ2v) is 8.51. The molecule has 7 nitrogen and oxygen atoms in total. The molecule has 1 amide bonds. The molecule has 0 aliphatic carbocycles. The van der Waals surface area contributed by atoms with Crippen LogP contribution in [0.2, 0.25) is 5.02 Å². The fourth-order valence-electron chi connectivity index (χ4n) is 3.50. The lowest BCUT2D eigenvalue weighted by molar-refractivity contribution is 0.0941. The molecule has 3 aromatic carbocycles. The van der Waals surface area contributed by atoms with Gasteiger partial charge >= 0.3 is 5.69 Å². The van der Waals surface area contributed by atoms with Gasteiger partial charge in [-0.05, 0) is 60.4 Å². The van der Waals surface area contributed by atoms with Gasteiger partial charge in [0.1, 0.15) is 5.82 Å². The predicted octanol–water partition coefficient (Wildman–Crippen LogP) is 3.78. The van der Waals surface area contributed by atoms with E-state index >= 15 is 0 Å². The first-order chi connectivity index (χ1) is 16.7. The Hall–Kier alpha value is -4.04. The highest BCUT2D eigenvalue weighted by molar-refractivity contribution is 6.31. The van der Waals surface area contributed by atoms with Crippen LogP contribution in [0.3, 0.4) is 0 Å². The highest BCUT2D eigenvalue weighted by atomic mass is 35.5. The van der Waals surface area contributed by atoms with Gasteiger partial charge in [0, 0.05) is 11.6 Å². The van der Waals surface area contributed by atoms with Crippen molar-refractivity contribution >= 4 is 17.5 Å². The van der Waals surface area contributed by atoms with Gasteiger partial charge in [0.2, 0.25) is 5.69 Å². The maximum atomic E-state index is 13.3. The second kappa shape index (κ2) is 10.1. The van der Waals surface area contributed by atoms with Gasteiger partial charge in [0.05, 0.1) is 12.2 Å². The van der Waals surface area contributed by atoms with Crippen molar-refractivity contribution in [1.82, 2.24) is 19.7 Å². The number of aryl methyl sites for hydroxylation is 2. The van der Waals surface area contributed by atoms with Crippen molar-refractivity contribution in [2.75, 3.05) is 0 Å². The number of amides is 1. The first kappa shape index (κ1) is 24.1. The van der Waals surface area contributed by atoms with Crippen LogP contribution in [0, 0.1) is 19.7 Å². The van der Waals surface area contributed by atoms with E-state index in [1.165, 1.54) is 24.3 Å². The van der Waals surface area contributed by atoms with Crippen molar-refractivity contribution in [3.8, 4) is 5.69 Å². The maximum absolute atomic E-state index is 13.3. The first-order valence-corrected chi connectivity index (χ1v) is 11.2. The largest absolute Gasteiger partial charge is 0.352 e. The second-order valence-electron chi connectivity index (χ2n) is 8.10. The zero-order chi connectivity index (χ0) is 25.1. The number of hydrogen-bond donors (Lipinski definition) is 1. The zero-order valence-corrected chi connectivity index (χ0v) is 19.8. The first-order valence-electron chi connectivity index (χ1n) is 10.8. The Balaban J connectivity index is 1.80. The fourth-order valence-corrected chi connectivity index (χ4v) is 3.68. The Labute approximate surface area is 205 Å². The standard InChI is InChI=1S/C26H22ClFN4O3/c1-16-5-3-4-6-19(16)15-31-25(34)23(24(33)29-14-18-8-10-20(28)11-9-18)30-32(26(31)35)21-12-7-17(2)22(27)13-21/h3-13H,14-15H2,1-2H3,(H,29,33). The number of carbonyl (C=O) groups excluding carboxylic acids is 1. The number of hydrogen-bond acceptors (Lipinski definition) is 4. The van der Waals surface area contributed by atoms with Crippen molar-refractivity contribution in [3.63, 3.8) is 0 Å². The Bertz CT molecular complexity index is 1530. The Kier molecular flexibility index (Phi) is 6.93. The van der Waals surface area contributed by atoms with Crippen LogP contribution in [-0.4, -0.2) is 20.3 Å². The number of aromatic nitrogens is 3. The summed E-state index contributed by atoms with van der Waals surface area (Å²) in [6.07, 6.45) is 0. The van der Waals surface area contributed by atoms with Gasteiger partial charge in [0.15, 0.2) is 0 Å². The fraction of sp³-hybridized carbons (Fsp3) is 0.154. The van der Waals surface area contributed by atoms with Gasteiger partial charge in [-0.3, -0.25) is 14.2 Å². The quantitative estimate of drug-likeness (QED) is 0.444. The Morgan fingerprint density at radius 1 is 1.00 bits per heavy atom. The van der Waals surface area contributed by atoms with Crippen LogP contribution in [-0.2, 0) is 13.1 Å². The molecular weight excluding hydrogens is 471 g/mol. The third-order valence-corrected chi connectivity index (χ3v) is 6.04. The maximum Gasteiger partial charge on any atom is 0.352 e. The van der Waals surface area contributed by atoms with E-state index in [0.717, 1.165) is 25.9 Å². The molecule has 0 atom stereocenters. The number of nitrogens with zero attached hydrogens (tertiary/aromatic N) is 3. The van der Waals surface area contributed by atoms with Crippen LogP contribution in [0.15, 0.2) is 76.3 Å². The van der Waals surface area contributed by atoms with Gasteiger partial charge in [-0.15, -0.1) is 0 Å². The van der Waals surface area contributed by atoms with E-state index in [4.69, 9.17) is 11.6 Å². The molecule has 35 heavy (non-hydrogen) atoms. The molecule has 1 aromatic heterocycles. The number of carbonyl (C=O) groups is 1. The number of rotatable bonds is 6. The van der Waals surface area contributed by atoms with Crippen molar-refractivity contribution in [1.29, 1.82) is 0 Å². The molecule has 4 rings (SSSR count). The van der Waals surface area contributed by atoms with Gasteiger partial charge < -0.3 is 5.32 Å². The average Bonchev–Trinajstić information content (AvgIpc) is 2.84. The van der Waals surface area contributed by atoms with Crippen LogP contribution >= 0.6 is 11.6 Å². The Morgan fingerprint density at radius 2 is 1.71 bits per heavy atom.